The third-order valence-corrected chi connectivity index (χ3v) is 5.27. The Labute approximate surface area is 130 Å². The number of nitro groups is 1. The summed E-state index contributed by atoms with van der Waals surface area (Å²) in [4.78, 5) is 21.7. The Morgan fingerprint density at radius 2 is 2.14 bits per heavy atom. The fraction of sp³-hybridized carbons (Fsp3) is 0.400. The molecule has 5 nitrogen and oxygen atoms in total. The van der Waals surface area contributed by atoms with E-state index >= 15 is 0 Å². The third-order valence-electron chi connectivity index (χ3n) is 2.85. The second kappa shape index (κ2) is 10.1. The maximum absolute atomic E-state index is 11.1. The Balaban J connectivity index is 2.32. The molecule has 1 aromatic rings. The molecule has 0 bridgehead atoms. The van der Waals surface area contributed by atoms with E-state index in [-0.39, 0.29) is 19.9 Å². The van der Waals surface area contributed by atoms with Gasteiger partial charge in [-0.05, 0) is 0 Å². The number of esters is 1. The molecule has 0 radical (unpaired) electrons. The molecule has 0 amide bonds. The predicted octanol–water partition coefficient (Wildman–Crippen LogP) is 1.98. The van der Waals surface area contributed by atoms with E-state index in [0.29, 0.717) is 24.6 Å². The molecule has 114 valence electrons. The van der Waals surface area contributed by atoms with Crippen LogP contribution in [0.3, 0.4) is 0 Å². The molecule has 21 heavy (non-hydrogen) atoms. The molecular formula is C15H19NO4Se. The monoisotopic (exact) mass is 357 g/mol. The summed E-state index contributed by atoms with van der Waals surface area (Å²) in [7, 11) is 1.32. The van der Waals surface area contributed by atoms with E-state index in [4.69, 9.17) is 0 Å². The second-order valence-electron chi connectivity index (χ2n) is 4.42. The van der Waals surface area contributed by atoms with Gasteiger partial charge in [0.25, 0.3) is 0 Å². The standard InChI is InChI=1S/C15H19NO4Se/c1-20-15(17)11-7-2-4-8-13(16(18)19)12-21-14-9-5-3-6-10-14/h3,5-7,9-11,13H,2,4,8,12H2,1H3/b11-7+. The van der Waals surface area contributed by atoms with Crippen LogP contribution in [0.25, 0.3) is 0 Å². The van der Waals surface area contributed by atoms with Gasteiger partial charge < -0.3 is 0 Å². The molecule has 0 spiro atoms. The van der Waals surface area contributed by atoms with E-state index in [9.17, 15) is 14.9 Å². The number of hydrogen-bond acceptors (Lipinski definition) is 4. The van der Waals surface area contributed by atoms with E-state index in [1.54, 1.807) is 6.08 Å². The first-order valence-corrected chi connectivity index (χ1v) is 8.76. The zero-order valence-corrected chi connectivity index (χ0v) is 13.6. The van der Waals surface area contributed by atoms with Crippen molar-refractivity contribution >= 4 is 25.4 Å². The normalized spacial score (nSPS) is 12.2. The van der Waals surface area contributed by atoms with E-state index in [2.05, 4.69) is 4.74 Å². The Hall–Kier alpha value is -1.65. The minimum absolute atomic E-state index is 0.126. The van der Waals surface area contributed by atoms with Crippen molar-refractivity contribution in [2.24, 2.45) is 0 Å². The SMILES string of the molecule is COC(=O)/C=C/CCCC(C[Se]c1ccccc1)[N+](=O)[O-]. The van der Waals surface area contributed by atoms with E-state index in [0.717, 1.165) is 0 Å². The van der Waals surface area contributed by atoms with Gasteiger partial charge in [-0.3, -0.25) is 0 Å². The zero-order chi connectivity index (χ0) is 15.5. The molecule has 1 unspecified atom stereocenters. The Kier molecular flexibility index (Phi) is 8.39. The number of rotatable bonds is 9. The number of ether oxygens (including phenoxy) is 1. The second-order valence-corrected chi connectivity index (χ2v) is 6.71. The van der Waals surface area contributed by atoms with Crippen molar-refractivity contribution in [3.8, 4) is 0 Å². The average molecular weight is 356 g/mol. The summed E-state index contributed by atoms with van der Waals surface area (Å²) in [6.45, 7) is 0. The summed E-state index contributed by atoms with van der Waals surface area (Å²) in [6, 6.07) is 9.37. The number of hydrogen-bond donors (Lipinski definition) is 0. The van der Waals surface area contributed by atoms with Gasteiger partial charge in [0.1, 0.15) is 0 Å². The number of allylic oxidation sites excluding steroid dienone is 1. The molecule has 0 saturated carbocycles. The van der Waals surface area contributed by atoms with Gasteiger partial charge in [0.2, 0.25) is 0 Å². The summed E-state index contributed by atoms with van der Waals surface area (Å²) in [6.07, 6.45) is 4.94. The molecule has 1 atom stereocenters. The van der Waals surface area contributed by atoms with Gasteiger partial charge in [-0.15, -0.1) is 0 Å². The molecule has 1 aromatic carbocycles. The fourth-order valence-corrected chi connectivity index (χ4v) is 3.82. The number of carbonyl (C=O) groups excluding carboxylic acids is 1. The molecular weight excluding hydrogens is 337 g/mol. The van der Waals surface area contributed by atoms with Gasteiger partial charge in [-0.1, -0.05) is 0 Å². The minimum atomic E-state index is -0.503. The average Bonchev–Trinajstić information content (AvgIpc) is 2.50. The number of carbonyl (C=O) groups is 1. The van der Waals surface area contributed by atoms with Crippen LogP contribution in [0.1, 0.15) is 19.3 Å². The molecule has 1 rings (SSSR count). The zero-order valence-electron chi connectivity index (χ0n) is 11.9. The van der Waals surface area contributed by atoms with Gasteiger partial charge in [-0.2, -0.15) is 0 Å². The topological polar surface area (TPSA) is 69.4 Å². The Morgan fingerprint density at radius 3 is 2.76 bits per heavy atom. The van der Waals surface area contributed by atoms with Crippen LogP contribution in [0, 0.1) is 10.1 Å². The van der Waals surface area contributed by atoms with Gasteiger partial charge in [-0.25, -0.2) is 0 Å². The van der Waals surface area contributed by atoms with Gasteiger partial charge in [0.05, 0.1) is 0 Å². The molecule has 0 aliphatic heterocycles. The van der Waals surface area contributed by atoms with Crippen LogP contribution in [0.15, 0.2) is 42.5 Å². The van der Waals surface area contributed by atoms with Crippen LogP contribution in [0.4, 0.5) is 0 Å². The predicted molar refractivity (Wildman–Crippen MR) is 82.4 cm³/mol. The van der Waals surface area contributed by atoms with Gasteiger partial charge >= 0.3 is 130 Å². The molecule has 0 saturated heterocycles. The molecule has 0 aliphatic rings. The number of unbranched alkanes of at least 4 members (excludes halogenated alkanes) is 1. The van der Waals surface area contributed by atoms with Crippen LogP contribution in [-0.2, 0) is 9.53 Å². The van der Waals surface area contributed by atoms with E-state index in [1.165, 1.54) is 17.6 Å². The summed E-state index contributed by atoms with van der Waals surface area (Å²) in [5.74, 6) is -0.395. The summed E-state index contributed by atoms with van der Waals surface area (Å²) in [5.41, 5.74) is 0. The third kappa shape index (κ3) is 7.63. The molecule has 0 heterocycles. The van der Waals surface area contributed by atoms with Crippen molar-refractivity contribution in [3.05, 3.63) is 52.6 Å². The Morgan fingerprint density at radius 1 is 1.43 bits per heavy atom. The van der Waals surface area contributed by atoms with Gasteiger partial charge in [0.15, 0.2) is 0 Å². The molecule has 0 aliphatic carbocycles. The number of benzene rings is 1. The first-order chi connectivity index (χ1) is 10.1. The molecule has 0 N–H and O–H groups in total. The first-order valence-electron chi connectivity index (χ1n) is 6.69. The van der Waals surface area contributed by atoms with Crippen LogP contribution < -0.4 is 4.46 Å². The van der Waals surface area contributed by atoms with Crippen molar-refractivity contribution < 1.29 is 14.5 Å². The van der Waals surface area contributed by atoms with Crippen LogP contribution in [-0.4, -0.2) is 39.0 Å². The molecule has 6 heteroatoms. The van der Waals surface area contributed by atoms with Crippen LogP contribution in [0.5, 0.6) is 0 Å². The summed E-state index contributed by atoms with van der Waals surface area (Å²) in [5, 5.41) is 11.7. The van der Waals surface area contributed by atoms with Gasteiger partial charge in [0, 0.05) is 0 Å². The van der Waals surface area contributed by atoms with Crippen molar-refractivity contribution in [3.63, 3.8) is 0 Å². The molecule has 0 aromatic heterocycles. The molecule has 0 fully saturated rings. The van der Waals surface area contributed by atoms with E-state index < -0.39 is 12.0 Å². The van der Waals surface area contributed by atoms with Crippen molar-refractivity contribution in [1.82, 2.24) is 0 Å². The maximum atomic E-state index is 11.1. The quantitative estimate of drug-likeness (QED) is 0.169. The Bertz CT molecular complexity index is 476. The van der Waals surface area contributed by atoms with Crippen LogP contribution in [0.2, 0.25) is 5.32 Å². The van der Waals surface area contributed by atoms with Crippen LogP contribution >= 0.6 is 0 Å². The first kappa shape index (κ1) is 17.4. The van der Waals surface area contributed by atoms with Crippen molar-refractivity contribution in [1.29, 1.82) is 0 Å². The summed E-state index contributed by atoms with van der Waals surface area (Å²) < 4.78 is 5.65. The number of nitrogens with zero attached hydrogens (tertiary/aromatic N) is 1. The van der Waals surface area contributed by atoms with E-state index in [1.807, 2.05) is 30.3 Å². The van der Waals surface area contributed by atoms with Crippen molar-refractivity contribution in [2.75, 3.05) is 7.11 Å². The summed E-state index contributed by atoms with van der Waals surface area (Å²) >= 11 is 0.126. The number of methoxy groups -OCH3 is 1. The fourth-order valence-electron chi connectivity index (χ4n) is 1.68. The van der Waals surface area contributed by atoms with Crippen molar-refractivity contribution in [2.45, 2.75) is 30.6 Å².